The molecule has 0 aromatic rings. The lowest BCUT2D eigenvalue weighted by Gasteiger charge is -2.30. The Bertz CT molecular complexity index is 1480. The molecule has 0 aliphatic carbocycles. The Morgan fingerprint density at radius 3 is 1.34 bits per heavy atom. The van der Waals surface area contributed by atoms with Gasteiger partial charge in [-0.05, 0) is 96.0 Å². The Kier molecular flexibility index (Phi) is 51.0. The molecule has 3 atom stereocenters. The number of hydrogen-bond donors (Lipinski definition) is 1. The molecule has 0 rings (SSSR count). The second kappa shape index (κ2) is 52.9. The van der Waals surface area contributed by atoms with Crippen molar-refractivity contribution < 1.29 is 37.3 Å². The lowest BCUT2D eigenvalue weighted by molar-refractivity contribution is -0.870. The number of rotatable bonds is 54. The zero-order valence-corrected chi connectivity index (χ0v) is 49.2. The molecule has 9 nitrogen and oxygen atoms in total. The fourth-order valence-corrected chi connectivity index (χ4v) is 9.17. The molecular formula is C63H115N2O7P. The van der Waals surface area contributed by atoms with Gasteiger partial charge < -0.3 is 28.5 Å². The van der Waals surface area contributed by atoms with E-state index in [4.69, 9.17) is 13.8 Å². The maximum Gasteiger partial charge on any atom is 0.306 e. The number of allylic oxidation sites excluding steroid dienone is 11. The highest BCUT2D eigenvalue weighted by molar-refractivity contribution is 7.45. The summed E-state index contributed by atoms with van der Waals surface area (Å²) in [6.07, 6.45) is 67.2. The molecule has 0 aliphatic heterocycles. The summed E-state index contributed by atoms with van der Waals surface area (Å²) in [6.45, 7) is 6.70. The van der Waals surface area contributed by atoms with Gasteiger partial charge in [-0.1, -0.05) is 229 Å². The third-order valence-corrected chi connectivity index (χ3v) is 14.1. The second-order valence-corrected chi connectivity index (χ2v) is 22.9. The van der Waals surface area contributed by atoms with Crippen molar-refractivity contribution in [2.24, 2.45) is 0 Å². The molecular weight excluding hydrogens is 928 g/mol. The van der Waals surface area contributed by atoms with Gasteiger partial charge in [0.25, 0.3) is 7.82 Å². The van der Waals surface area contributed by atoms with E-state index >= 15 is 0 Å². The van der Waals surface area contributed by atoms with Gasteiger partial charge in [0.2, 0.25) is 5.91 Å². The van der Waals surface area contributed by atoms with E-state index in [0.717, 1.165) is 122 Å². The molecule has 0 saturated heterocycles. The number of phosphoric ester groups is 1. The number of amides is 1. The first-order valence-electron chi connectivity index (χ1n) is 30.2. The Balaban J connectivity index is 5.30. The van der Waals surface area contributed by atoms with E-state index in [1.54, 1.807) is 0 Å². The van der Waals surface area contributed by atoms with Crippen molar-refractivity contribution in [1.29, 1.82) is 0 Å². The minimum Gasteiger partial charge on any atom is -0.756 e. The van der Waals surface area contributed by atoms with Gasteiger partial charge in [-0.15, -0.1) is 0 Å². The van der Waals surface area contributed by atoms with E-state index in [-0.39, 0.29) is 24.9 Å². The van der Waals surface area contributed by atoms with Gasteiger partial charge in [0.1, 0.15) is 19.3 Å². The van der Waals surface area contributed by atoms with Crippen LogP contribution in [0.15, 0.2) is 72.9 Å². The van der Waals surface area contributed by atoms with Gasteiger partial charge >= 0.3 is 5.97 Å². The van der Waals surface area contributed by atoms with E-state index in [2.05, 4.69) is 86.8 Å². The number of nitrogens with one attached hydrogen (secondary N) is 1. The summed E-state index contributed by atoms with van der Waals surface area (Å²) in [7, 11) is 1.17. The summed E-state index contributed by atoms with van der Waals surface area (Å²) in [5.74, 6) is -0.560. The number of likely N-dealkylation sites (N-methyl/N-ethyl adjacent to an activating group) is 1. The fraction of sp³-hybridized carbons (Fsp3) is 0.778. The maximum absolute atomic E-state index is 13.5. The summed E-state index contributed by atoms with van der Waals surface area (Å²) < 4.78 is 30.3. The molecule has 10 heteroatoms. The molecule has 0 bridgehead atoms. The minimum absolute atomic E-state index is 0.0280. The SMILES string of the molecule is CC/C=C/C/C=C/C/C=C/CCCCCCCCC(=O)NC(COP(=O)([O-])OCC[N+](C)(C)C)C(/C=C/CCCCCCCCCCCC)OC(=O)CCCCCCCCCCC/C=C\C/C=C\CCCCC. The number of esters is 1. The molecule has 3 unspecified atom stereocenters. The molecule has 0 radical (unpaired) electrons. The molecule has 0 aliphatic rings. The van der Waals surface area contributed by atoms with Crippen LogP contribution in [0.3, 0.4) is 0 Å². The van der Waals surface area contributed by atoms with Crippen LogP contribution in [0.4, 0.5) is 0 Å². The Labute approximate surface area is 451 Å². The zero-order valence-electron chi connectivity index (χ0n) is 48.3. The summed E-state index contributed by atoms with van der Waals surface area (Å²) in [5.41, 5.74) is 0. The van der Waals surface area contributed by atoms with Crippen LogP contribution in [0, 0.1) is 0 Å². The van der Waals surface area contributed by atoms with Crippen molar-refractivity contribution in [3.8, 4) is 0 Å². The monoisotopic (exact) mass is 1040 g/mol. The lowest BCUT2D eigenvalue weighted by atomic mass is 10.0. The first kappa shape index (κ1) is 70.5. The molecule has 0 spiro atoms. The summed E-state index contributed by atoms with van der Waals surface area (Å²) >= 11 is 0. The van der Waals surface area contributed by atoms with Gasteiger partial charge in [-0.25, -0.2) is 0 Å². The number of nitrogens with zero attached hydrogens (tertiary/aromatic N) is 1. The largest absolute Gasteiger partial charge is 0.756 e. The van der Waals surface area contributed by atoms with Gasteiger partial charge in [0.05, 0.1) is 33.8 Å². The van der Waals surface area contributed by atoms with E-state index < -0.39 is 26.6 Å². The molecule has 424 valence electrons. The van der Waals surface area contributed by atoms with Crippen molar-refractivity contribution in [2.45, 2.75) is 277 Å². The van der Waals surface area contributed by atoms with Gasteiger partial charge in [0.15, 0.2) is 0 Å². The highest BCUT2D eigenvalue weighted by atomic mass is 31.2. The molecule has 0 saturated carbocycles. The quantitative estimate of drug-likeness (QED) is 0.0212. The highest BCUT2D eigenvalue weighted by Crippen LogP contribution is 2.38. The average Bonchev–Trinajstić information content (AvgIpc) is 3.35. The smallest absolute Gasteiger partial charge is 0.306 e. The van der Waals surface area contributed by atoms with Crippen LogP contribution < -0.4 is 10.2 Å². The number of quaternary nitrogens is 1. The van der Waals surface area contributed by atoms with Gasteiger partial charge in [0, 0.05) is 12.8 Å². The van der Waals surface area contributed by atoms with Crippen LogP contribution in [0.25, 0.3) is 0 Å². The normalized spacial score (nSPS) is 14.2. The molecule has 0 aromatic heterocycles. The molecule has 73 heavy (non-hydrogen) atoms. The zero-order chi connectivity index (χ0) is 53.6. The Morgan fingerprint density at radius 2 is 0.877 bits per heavy atom. The van der Waals surface area contributed by atoms with Crippen molar-refractivity contribution in [2.75, 3.05) is 40.9 Å². The van der Waals surface area contributed by atoms with Crippen molar-refractivity contribution >= 4 is 19.7 Å². The van der Waals surface area contributed by atoms with E-state index in [1.807, 2.05) is 33.3 Å². The number of hydrogen-bond acceptors (Lipinski definition) is 7. The molecule has 0 heterocycles. The predicted octanol–water partition coefficient (Wildman–Crippen LogP) is 17.8. The molecule has 1 amide bonds. The minimum atomic E-state index is -4.70. The third-order valence-electron chi connectivity index (χ3n) is 13.1. The number of carbonyl (C=O) groups excluding carboxylic acids is 2. The summed E-state index contributed by atoms with van der Waals surface area (Å²) in [5, 5.41) is 3.02. The maximum atomic E-state index is 13.5. The Hall–Kier alpha value is -2.55. The van der Waals surface area contributed by atoms with Crippen LogP contribution in [0.2, 0.25) is 0 Å². The average molecular weight is 1040 g/mol. The number of unbranched alkanes of at least 4 members (excludes halogenated alkanes) is 28. The second-order valence-electron chi connectivity index (χ2n) is 21.5. The summed E-state index contributed by atoms with van der Waals surface area (Å²) in [4.78, 5) is 39.9. The van der Waals surface area contributed by atoms with Crippen molar-refractivity contribution in [3.05, 3.63) is 72.9 Å². The van der Waals surface area contributed by atoms with Crippen molar-refractivity contribution in [3.63, 3.8) is 0 Å². The van der Waals surface area contributed by atoms with E-state index in [9.17, 15) is 19.0 Å². The molecule has 0 aromatic carbocycles. The molecule has 1 N–H and O–H groups in total. The standard InChI is InChI=1S/C63H115N2O7P/c1-7-10-13-16-19-22-25-28-30-32-33-34-36-38-41-44-47-50-53-56-63(67)72-61(54-51-48-45-42-39-27-24-21-18-15-12-9-3)60(59-71-73(68,69)70-58-57-65(4,5)6)64-62(66)55-52-49-46-43-40-37-35-31-29-26-23-20-17-14-11-8-2/h11,14,19-20,22-23,28-31,51,54,60-61H,7-10,12-13,15-18,21,24-27,32-50,52-53,55-59H2,1-6H3,(H-,64,66,68,69)/b14-11+,22-19-,23-20+,30-28-,31-29+,54-51+. The fourth-order valence-electron chi connectivity index (χ4n) is 8.45. The van der Waals surface area contributed by atoms with E-state index in [1.165, 1.54) is 109 Å². The van der Waals surface area contributed by atoms with E-state index in [0.29, 0.717) is 17.4 Å². The molecule has 0 fully saturated rings. The first-order chi connectivity index (χ1) is 35.4. The highest BCUT2D eigenvalue weighted by Gasteiger charge is 2.27. The lowest BCUT2D eigenvalue weighted by Crippen LogP contribution is -2.47. The van der Waals surface area contributed by atoms with Crippen LogP contribution in [0.1, 0.15) is 265 Å². The predicted molar refractivity (Wildman–Crippen MR) is 312 cm³/mol. The Morgan fingerprint density at radius 1 is 0.493 bits per heavy atom. The van der Waals surface area contributed by atoms with Gasteiger partial charge in [-0.2, -0.15) is 0 Å². The van der Waals surface area contributed by atoms with Crippen LogP contribution >= 0.6 is 7.82 Å². The van der Waals surface area contributed by atoms with Gasteiger partial charge in [-0.3, -0.25) is 14.2 Å². The van der Waals surface area contributed by atoms with Crippen molar-refractivity contribution in [1.82, 2.24) is 5.32 Å². The first-order valence-corrected chi connectivity index (χ1v) is 31.7. The van der Waals surface area contributed by atoms with Crippen LogP contribution in [-0.2, 0) is 27.9 Å². The number of phosphoric acid groups is 1. The topological polar surface area (TPSA) is 114 Å². The van der Waals surface area contributed by atoms with Crippen LogP contribution in [-0.4, -0.2) is 69.4 Å². The number of ether oxygens (including phenoxy) is 1. The van der Waals surface area contributed by atoms with Crippen LogP contribution in [0.5, 0.6) is 0 Å². The summed E-state index contributed by atoms with van der Waals surface area (Å²) in [6, 6.07) is -0.899. The third kappa shape index (κ3) is 54.1. The number of carbonyl (C=O) groups is 2.